The Morgan fingerprint density at radius 1 is 1.04 bits per heavy atom. The van der Waals surface area contributed by atoms with Crippen molar-refractivity contribution in [1.82, 2.24) is 0 Å². The van der Waals surface area contributed by atoms with Gasteiger partial charge in [-0.25, -0.2) is 4.99 Å². The first-order valence-electron chi connectivity index (χ1n) is 8.13. The third-order valence-corrected chi connectivity index (χ3v) is 3.70. The number of benzene rings is 1. The highest BCUT2D eigenvalue weighted by Gasteiger charge is 2.06. The summed E-state index contributed by atoms with van der Waals surface area (Å²) in [4.78, 5) is 15.8. The molecule has 0 aromatic heterocycles. The minimum absolute atomic E-state index is 0.0139. The van der Waals surface area contributed by atoms with Crippen LogP contribution < -0.4 is 5.32 Å². The maximum Gasteiger partial charge on any atom is 0.179 e. The molecule has 0 heterocycles. The molecule has 0 spiro atoms. The highest BCUT2D eigenvalue weighted by molar-refractivity contribution is 6.19. The van der Waals surface area contributed by atoms with Crippen molar-refractivity contribution in [2.45, 2.75) is 32.6 Å². The molecule has 0 unspecified atom stereocenters. The zero-order valence-electron chi connectivity index (χ0n) is 13.6. The van der Waals surface area contributed by atoms with Crippen molar-refractivity contribution >= 4 is 22.9 Å². The Hall–Kier alpha value is -2.20. The maximum atomic E-state index is 11.3. The van der Waals surface area contributed by atoms with Crippen LogP contribution in [0.15, 0.2) is 53.1 Å². The van der Waals surface area contributed by atoms with E-state index in [1.54, 1.807) is 18.2 Å². The molecule has 4 heteroatoms. The van der Waals surface area contributed by atoms with Gasteiger partial charge in [0, 0.05) is 18.8 Å². The summed E-state index contributed by atoms with van der Waals surface area (Å²) < 4.78 is 0. The van der Waals surface area contributed by atoms with Gasteiger partial charge >= 0.3 is 0 Å². The van der Waals surface area contributed by atoms with Crippen molar-refractivity contribution in [3.63, 3.8) is 0 Å². The van der Waals surface area contributed by atoms with Gasteiger partial charge in [0.1, 0.15) is 0 Å². The third kappa shape index (κ3) is 5.83. The average Bonchev–Trinajstić information content (AvgIpc) is 2.55. The smallest absolute Gasteiger partial charge is 0.179 e. The van der Waals surface area contributed by atoms with Gasteiger partial charge in [-0.2, -0.15) is 0 Å². The number of rotatable bonds is 8. The maximum absolute atomic E-state index is 11.3. The lowest BCUT2D eigenvalue weighted by atomic mass is 10.0. The number of allylic oxidation sites excluding steroid dienone is 4. The topological polar surface area (TPSA) is 61.7 Å². The standard InChI is InChI=1S/C19H24N2O2/c1-15-14-18(23)10-11-19(15)21-17-8-6-16(7-9-17)20-12-4-2-3-5-13-22/h6-11,14,20,22H,2-5,12-13H2,1H3. The number of anilines is 1. The molecule has 0 amide bonds. The van der Waals surface area contributed by atoms with E-state index in [0.29, 0.717) is 0 Å². The highest BCUT2D eigenvalue weighted by atomic mass is 16.2. The lowest BCUT2D eigenvalue weighted by molar-refractivity contribution is -0.110. The Bertz CT molecular complexity index is 613. The summed E-state index contributed by atoms with van der Waals surface area (Å²) in [6, 6.07) is 7.98. The van der Waals surface area contributed by atoms with Crippen molar-refractivity contribution in [3.05, 3.63) is 48.1 Å². The van der Waals surface area contributed by atoms with E-state index in [2.05, 4.69) is 10.3 Å². The monoisotopic (exact) mass is 312 g/mol. The van der Waals surface area contributed by atoms with Crippen molar-refractivity contribution in [2.24, 2.45) is 4.99 Å². The molecular weight excluding hydrogens is 288 g/mol. The highest BCUT2D eigenvalue weighted by Crippen LogP contribution is 2.19. The molecule has 2 N–H and O–H groups in total. The van der Waals surface area contributed by atoms with Crippen LogP contribution in [0, 0.1) is 0 Å². The third-order valence-electron chi connectivity index (χ3n) is 3.70. The number of aliphatic imine (C=N–C) groups is 1. The molecule has 122 valence electrons. The second-order valence-corrected chi connectivity index (χ2v) is 5.67. The van der Waals surface area contributed by atoms with Gasteiger partial charge < -0.3 is 10.4 Å². The number of aliphatic hydroxyl groups is 1. The Balaban J connectivity index is 1.84. The lowest BCUT2D eigenvalue weighted by Crippen LogP contribution is -2.05. The SMILES string of the molecule is CC1=CC(=O)C=CC1=Nc1ccc(NCCCCCCO)cc1. The molecule has 0 atom stereocenters. The van der Waals surface area contributed by atoms with E-state index in [1.165, 1.54) is 0 Å². The van der Waals surface area contributed by atoms with Crippen molar-refractivity contribution in [1.29, 1.82) is 0 Å². The molecule has 23 heavy (non-hydrogen) atoms. The van der Waals surface area contributed by atoms with Gasteiger partial charge in [-0.1, -0.05) is 12.8 Å². The second-order valence-electron chi connectivity index (χ2n) is 5.67. The number of hydrogen-bond donors (Lipinski definition) is 2. The molecular formula is C19H24N2O2. The Kier molecular flexibility index (Phi) is 6.76. The van der Waals surface area contributed by atoms with E-state index >= 15 is 0 Å². The van der Waals surface area contributed by atoms with Crippen LogP contribution >= 0.6 is 0 Å². The van der Waals surface area contributed by atoms with Crippen molar-refractivity contribution < 1.29 is 9.90 Å². The van der Waals surface area contributed by atoms with Gasteiger partial charge in [0.25, 0.3) is 0 Å². The fourth-order valence-corrected chi connectivity index (χ4v) is 2.37. The normalized spacial score (nSPS) is 15.8. The predicted octanol–water partition coefficient (Wildman–Crippen LogP) is 3.81. The van der Waals surface area contributed by atoms with Gasteiger partial charge in [-0.3, -0.25) is 4.79 Å². The first kappa shape index (κ1) is 17.2. The van der Waals surface area contributed by atoms with Crippen molar-refractivity contribution in [2.75, 3.05) is 18.5 Å². The van der Waals surface area contributed by atoms with Crippen LogP contribution in [0.3, 0.4) is 0 Å². The Morgan fingerprint density at radius 2 is 1.78 bits per heavy atom. The zero-order valence-corrected chi connectivity index (χ0v) is 13.6. The summed E-state index contributed by atoms with van der Waals surface area (Å²) >= 11 is 0. The van der Waals surface area contributed by atoms with Gasteiger partial charge in [-0.05, 0) is 67.8 Å². The lowest BCUT2D eigenvalue weighted by Gasteiger charge is -2.08. The number of carbonyl (C=O) groups is 1. The number of aliphatic hydroxyl groups excluding tert-OH is 1. The van der Waals surface area contributed by atoms with E-state index in [4.69, 9.17) is 5.11 Å². The van der Waals surface area contributed by atoms with E-state index in [1.807, 2.05) is 31.2 Å². The number of carbonyl (C=O) groups excluding carboxylic acids is 1. The number of unbranched alkanes of at least 4 members (excludes halogenated alkanes) is 3. The summed E-state index contributed by atoms with van der Waals surface area (Å²) in [5, 5.41) is 12.1. The van der Waals surface area contributed by atoms with E-state index < -0.39 is 0 Å². The molecule has 0 bridgehead atoms. The number of ketones is 1. The first-order valence-corrected chi connectivity index (χ1v) is 8.13. The number of nitrogens with zero attached hydrogens (tertiary/aromatic N) is 1. The minimum atomic E-state index is 0.0139. The summed E-state index contributed by atoms with van der Waals surface area (Å²) in [6.07, 6.45) is 9.11. The molecule has 1 aromatic carbocycles. The van der Waals surface area contributed by atoms with Crippen LogP contribution in [0.5, 0.6) is 0 Å². The molecule has 1 aliphatic carbocycles. The largest absolute Gasteiger partial charge is 0.396 e. The molecule has 0 saturated heterocycles. The number of nitrogens with one attached hydrogen (secondary N) is 1. The van der Waals surface area contributed by atoms with Gasteiger partial charge in [0.05, 0.1) is 11.4 Å². The van der Waals surface area contributed by atoms with Crippen LogP contribution in [0.2, 0.25) is 0 Å². The van der Waals surface area contributed by atoms with Crippen LogP contribution in [0.25, 0.3) is 0 Å². The Labute approximate surface area is 137 Å². The first-order chi connectivity index (χ1) is 11.2. The van der Waals surface area contributed by atoms with Crippen LogP contribution in [-0.4, -0.2) is 29.8 Å². The summed E-state index contributed by atoms with van der Waals surface area (Å²) in [7, 11) is 0. The van der Waals surface area contributed by atoms with E-state index in [-0.39, 0.29) is 12.4 Å². The van der Waals surface area contributed by atoms with Gasteiger partial charge in [0.2, 0.25) is 0 Å². The van der Waals surface area contributed by atoms with Crippen LogP contribution in [-0.2, 0) is 4.79 Å². The molecule has 0 fully saturated rings. The van der Waals surface area contributed by atoms with Crippen molar-refractivity contribution in [3.8, 4) is 0 Å². The zero-order chi connectivity index (χ0) is 16.5. The van der Waals surface area contributed by atoms with Gasteiger partial charge in [-0.15, -0.1) is 0 Å². The van der Waals surface area contributed by atoms with Crippen LogP contribution in [0.1, 0.15) is 32.6 Å². The fraction of sp³-hybridized carbons (Fsp3) is 0.368. The molecule has 0 saturated carbocycles. The fourth-order valence-electron chi connectivity index (χ4n) is 2.37. The predicted molar refractivity (Wildman–Crippen MR) is 95.5 cm³/mol. The van der Waals surface area contributed by atoms with Crippen LogP contribution in [0.4, 0.5) is 11.4 Å². The molecule has 0 radical (unpaired) electrons. The Morgan fingerprint density at radius 3 is 2.48 bits per heavy atom. The summed E-state index contributed by atoms with van der Waals surface area (Å²) in [6.45, 7) is 3.12. The molecule has 2 rings (SSSR count). The second kappa shape index (κ2) is 9.06. The number of hydrogen-bond acceptors (Lipinski definition) is 4. The van der Waals surface area contributed by atoms with E-state index in [0.717, 1.165) is 54.9 Å². The quantitative estimate of drug-likeness (QED) is 0.567. The molecule has 0 aliphatic heterocycles. The molecule has 4 nitrogen and oxygen atoms in total. The average molecular weight is 312 g/mol. The summed E-state index contributed by atoms with van der Waals surface area (Å²) in [5.74, 6) is 0.0139. The van der Waals surface area contributed by atoms with Gasteiger partial charge in [0.15, 0.2) is 5.78 Å². The minimum Gasteiger partial charge on any atom is -0.396 e. The molecule has 1 aromatic rings. The van der Waals surface area contributed by atoms with E-state index in [9.17, 15) is 4.79 Å². The summed E-state index contributed by atoms with van der Waals surface area (Å²) in [5.41, 5.74) is 3.68. The molecule has 1 aliphatic rings.